The molecule has 1 aliphatic rings. The lowest BCUT2D eigenvalue weighted by Gasteiger charge is -2.28. The zero-order valence-corrected chi connectivity index (χ0v) is 25.2. The molecule has 198 valence electrons. The predicted molar refractivity (Wildman–Crippen MR) is 168 cm³/mol. The van der Waals surface area contributed by atoms with E-state index in [1.165, 1.54) is 0 Å². The summed E-state index contributed by atoms with van der Waals surface area (Å²) in [6, 6.07) is 31.2. The van der Waals surface area contributed by atoms with Crippen LogP contribution in [0.3, 0.4) is 0 Å². The van der Waals surface area contributed by atoms with Gasteiger partial charge in [-0.15, -0.1) is 0 Å². The summed E-state index contributed by atoms with van der Waals surface area (Å²) in [5, 5.41) is 25.8. The van der Waals surface area contributed by atoms with Gasteiger partial charge in [0.15, 0.2) is 0 Å². The van der Waals surface area contributed by atoms with Gasteiger partial charge >= 0.3 is 0 Å². The van der Waals surface area contributed by atoms with Crippen LogP contribution in [0.4, 0.5) is 0 Å². The lowest BCUT2D eigenvalue weighted by Crippen LogP contribution is -2.27. The van der Waals surface area contributed by atoms with Crippen LogP contribution in [0.5, 0.6) is 0 Å². The van der Waals surface area contributed by atoms with Crippen LogP contribution in [0.2, 0.25) is 34.7 Å². The van der Waals surface area contributed by atoms with E-state index in [1.54, 1.807) is 12.1 Å². The minimum Gasteiger partial charge on any atom is -0.507 e. The number of halogens is 3. The van der Waals surface area contributed by atoms with E-state index in [0.717, 1.165) is 38.6 Å². The van der Waals surface area contributed by atoms with Crippen LogP contribution in [-0.4, -0.2) is 18.3 Å². The summed E-state index contributed by atoms with van der Waals surface area (Å²) in [6.07, 6.45) is -0.798. The van der Waals surface area contributed by atoms with E-state index in [0.29, 0.717) is 10.6 Å². The zero-order chi connectivity index (χ0) is 27.9. The summed E-state index contributed by atoms with van der Waals surface area (Å²) in [6.45, 7) is 6.57. The largest absolute Gasteiger partial charge is 0.507 e. The van der Waals surface area contributed by atoms with Gasteiger partial charge in [0.1, 0.15) is 5.76 Å². The van der Waals surface area contributed by atoms with Crippen molar-refractivity contribution >= 4 is 59.8 Å². The fourth-order valence-electron chi connectivity index (χ4n) is 5.58. The molecule has 0 fully saturated rings. The molecule has 39 heavy (non-hydrogen) atoms. The Balaban J connectivity index is 1.91. The Morgan fingerprint density at radius 2 is 1.31 bits per heavy atom. The quantitative estimate of drug-likeness (QED) is 0.173. The van der Waals surface area contributed by atoms with Gasteiger partial charge in [0, 0.05) is 10.9 Å². The lowest BCUT2D eigenvalue weighted by atomic mass is 9.83. The molecule has 2 unspecified atom stereocenters. The minimum absolute atomic E-state index is 0.0499. The molecule has 4 aromatic rings. The molecule has 5 rings (SSSR count). The van der Waals surface area contributed by atoms with E-state index in [9.17, 15) is 10.2 Å². The Morgan fingerprint density at radius 1 is 0.769 bits per heavy atom. The summed E-state index contributed by atoms with van der Waals surface area (Å²) < 4.78 is 0. The summed E-state index contributed by atoms with van der Waals surface area (Å²) >= 11 is 19.5. The summed E-state index contributed by atoms with van der Waals surface area (Å²) in [4.78, 5) is 0. The van der Waals surface area contributed by atoms with Crippen molar-refractivity contribution in [2.75, 3.05) is 0 Å². The molecule has 0 bridgehead atoms. The lowest BCUT2D eigenvalue weighted by molar-refractivity contribution is 0.166. The normalized spacial score (nSPS) is 16.6. The van der Waals surface area contributed by atoms with Crippen molar-refractivity contribution in [3.05, 3.63) is 145 Å². The fraction of sp³-hybridized carbons (Fsp3) is 0.152. The van der Waals surface area contributed by atoms with Crippen LogP contribution >= 0.6 is 34.8 Å². The Morgan fingerprint density at radius 3 is 1.90 bits per heavy atom. The van der Waals surface area contributed by atoms with Crippen molar-refractivity contribution in [1.82, 2.24) is 0 Å². The smallest absolute Gasteiger partial charge is 0.125 e. The van der Waals surface area contributed by atoms with Crippen molar-refractivity contribution in [1.29, 1.82) is 0 Å². The summed E-state index contributed by atoms with van der Waals surface area (Å²) in [5.74, 6) is -0.301. The molecule has 6 heteroatoms. The summed E-state index contributed by atoms with van der Waals surface area (Å²) in [5.41, 5.74) is 6.08. The number of aliphatic hydroxyl groups is 2. The average molecular weight is 592 g/mol. The zero-order valence-electron chi connectivity index (χ0n) is 21.9. The fourth-order valence-corrected chi connectivity index (χ4v) is 8.43. The van der Waals surface area contributed by atoms with Crippen LogP contribution in [0.25, 0.3) is 16.9 Å². The molecular weight excluding hydrogens is 563 g/mol. The van der Waals surface area contributed by atoms with Crippen LogP contribution in [0.15, 0.2) is 102 Å². The Hall–Kier alpha value is -2.79. The van der Waals surface area contributed by atoms with Gasteiger partial charge in [-0.2, -0.15) is 0 Å². The van der Waals surface area contributed by atoms with Crippen molar-refractivity contribution < 1.29 is 10.2 Å². The minimum atomic E-state index is -2.30. The van der Waals surface area contributed by atoms with Gasteiger partial charge < -0.3 is 10.2 Å². The third-order valence-electron chi connectivity index (χ3n) is 7.17. The molecule has 2 nitrogen and oxygen atoms in total. The molecule has 0 amide bonds. The van der Waals surface area contributed by atoms with Gasteiger partial charge in [-0.05, 0) is 50.7 Å². The standard InChI is InChI=1S/C33H29Cl3O2Si/c1-39(2,3)33(32(38)30-25(35)18-22(34)19-26(30)36)29-24-17-11-10-16-23(24)28(27(29)20-12-6-4-7-13-20)31(37)21-14-8-5-9-15-21/h4-19,28,31,37-38H,1-3H3/b33-32+. The predicted octanol–water partition coefficient (Wildman–Crippen LogP) is 10.2. The SMILES string of the molecule is C[Si](C)(C)/C(C1=C(c2ccccc2)C(C(O)c2ccccc2)c2ccccc21)=C(/O)c1c(Cl)cc(Cl)cc1Cl. The molecule has 0 heterocycles. The Kier molecular flexibility index (Phi) is 7.83. The van der Waals surface area contributed by atoms with Gasteiger partial charge in [-0.25, -0.2) is 0 Å². The van der Waals surface area contributed by atoms with Crippen LogP contribution in [0.1, 0.15) is 39.8 Å². The number of hydrogen-bond acceptors (Lipinski definition) is 2. The van der Waals surface area contributed by atoms with Crippen LogP contribution in [0, 0.1) is 0 Å². The first kappa shape index (κ1) is 27.8. The molecule has 0 saturated heterocycles. The van der Waals surface area contributed by atoms with Gasteiger partial charge in [0.2, 0.25) is 0 Å². The van der Waals surface area contributed by atoms with E-state index >= 15 is 0 Å². The second-order valence-electron chi connectivity index (χ2n) is 10.8. The number of allylic oxidation sites excluding steroid dienone is 2. The number of fused-ring (bicyclic) bond motifs is 1. The third kappa shape index (κ3) is 5.22. The topological polar surface area (TPSA) is 40.5 Å². The first-order chi connectivity index (χ1) is 18.6. The molecule has 0 spiro atoms. The molecule has 0 aromatic heterocycles. The maximum atomic E-state index is 12.1. The highest BCUT2D eigenvalue weighted by Crippen LogP contribution is 2.56. The highest BCUT2D eigenvalue weighted by Gasteiger charge is 2.42. The van der Waals surface area contributed by atoms with Crippen LogP contribution in [-0.2, 0) is 0 Å². The monoisotopic (exact) mass is 590 g/mol. The second-order valence-corrected chi connectivity index (χ2v) is 17.0. The highest BCUT2D eigenvalue weighted by molar-refractivity contribution is 6.86. The second kappa shape index (κ2) is 11.0. The molecular formula is C33H29Cl3O2Si. The van der Waals surface area contributed by atoms with E-state index in [-0.39, 0.29) is 21.7 Å². The van der Waals surface area contributed by atoms with Crippen molar-refractivity contribution in [2.45, 2.75) is 31.7 Å². The van der Waals surface area contributed by atoms with Gasteiger partial charge in [0.25, 0.3) is 0 Å². The van der Waals surface area contributed by atoms with Crippen molar-refractivity contribution in [2.24, 2.45) is 0 Å². The van der Waals surface area contributed by atoms with Crippen molar-refractivity contribution in [3.8, 4) is 0 Å². The average Bonchev–Trinajstić information content (AvgIpc) is 3.22. The van der Waals surface area contributed by atoms with Gasteiger partial charge in [-0.1, -0.05) is 139 Å². The Bertz CT molecular complexity index is 1570. The molecule has 1 aliphatic carbocycles. The van der Waals surface area contributed by atoms with Gasteiger partial charge in [0.05, 0.1) is 29.8 Å². The Labute approximate surface area is 245 Å². The van der Waals surface area contributed by atoms with E-state index in [1.807, 2.05) is 60.7 Å². The van der Waals surface area contributed by atoms with Gasteiger partial charge in [-0.3, -0.25) is 0 Å². The molecule has 2 N–H and O–H groups in total. The maximum absolute atomic E-state index is 12.1. The first-order valence-electron chi connectivity index (χ1n) is 12.8. The highest BCUT2D eigenvalue weighted by atomic mass is 35.5. The third-order valence-corrected chi connectivity index (χ3v) is 9.97. The number of rotatable bonds is 6. The first-order valence-corrected chi connectivity index (χ1v) is 17.4. The molecule has 4 aromatic carbocycles. The molecule has 0 radical (unpaired) electrons. The van der Waals surface area contributed by atoms with E-state index in [4.69, 9.17) is 34.8 Å². The van der Waals surface area contributed by atoms with E-state index < -0.39 is 14.2 Å². The van der Waals surface area contributed by atoms with Crippen molar-refractivity contribution in [3.63, 3.8) is 0 Å². The maximum Gasteiger partial charge on any atom is 0.125 e. The number of hydrogen-bond donors (Lipinski definition) is 2. The molecule has 0 aliphatic heterocycles. The number of benzene rings is 4. The van der Waals surface area contributed by atoms with E-state index in [2.05, 4.69) is 43.9 Å². The molecule has 0 saturated carbocycles. The summed E-state index contributed by atoms with van der Waals surface area (Å²) in [7, 11) is -2.30. The van der Waals surface area contributed by atoms with Crippen LogP contribution < -0.4 is 0 Å². The molecule has 2 atom stereocenters. The number of aliphatic hydroxyl groups excluding tert-OH is 2.